The lowest BCUT2D eigenvalue weighted by molar-refractivity contribution is -0.136. The lowest BCUT2D eigenvalue weighted by Crippen LogP contribution is -2.59. The SMILES string of the molecule is CC(C)(C)OC(=O)NC(CN1C[C@@H]2CC1C(=O)N2c1ccc(F)cc1)C(=O)N1C(C#N)C[C@@H]2C[C@@H]21. The average Bonchev–Trinajstić information content (AvgIpc) is 3.11. The van der Waals surface area contributed by atoms with Crippen molar-refractivity contribution in [3.8, 4) is 6.07 Å². The number of nitriles is 1. The molecule has 186 valence electrons. The third kappa shape index (κ3) is 4.45. The predicted molar refractivity (Wildman–Crippen MR) is 124 cm³/mol. The fourth-order valence-corrected chi connectivity index (χ4v) is 5.74. The van der Waals surface area contributed by atoms with E-state index in [4.69, 9.17) is 4.74 Å². The maximum atomic E-state index is 13.6. The Morgan fingerprint density at radius 3 is 2.57 bits per heavy atom. The number of alkyl carbamates (subject to hydrolysis) is 1. The minimum absolute atomic E-state index is 0.0423. The number of benzene rings is 1. The Morgan fingerprint density at radius 1 is 1.23 bits per heavy atom. The summed E-state index contributed by atoms with van der Waals surface area (Å²) in [5, 5.41) is 12.3. The second kappa shape index (κ2) is 8.48. The summed E-state index contributed by atoms with van der Waals surface area (Å²) in [5.41, 5.74) is -0.0859. The Balaban J connectivity index is 1.32. The highest BCUT2D eigenvalue weighted by molar-refractivity contribution is 6.01. The van der Waals surface area contributed by atoms with Gasteiger partial charge in [0, 0.05) is 24.8 Å². The molecule has 3 saturated heterocycles. The highest BCUT2D eigenvalue weighted by Gasteiger charge is 2.56. The molecule has 1 aromatic rings. The van der Waals surface area contributed by atoms with Gasteiger partial charge in [0.1, 0.15) is 23.5 Å². The molecule has 1 aromatic carbocycles. The molecule has 5 rings (SSSR count). The van der Waals surface area contributed by atoms with Crippen LogP contribution in [0.1, 0.15) is 40.0 Å². The van der Waals surface area contributed by atoms with Crippen LogP contribution in [0.25, 0.3) is 0 Å². The Morgan fingerprint density at radius 2 is 1.94 bits per heavy atom. The summed E-state index contributed by atoms with van der Waals surface area (Å²) < 4.78 is 18.7. The Hall–Kier alpha value is -3.19. The minimum Gasteiger partial charge on any atom is -0.444 e. The van der Waals surface area contributed by atoms with E-state index >= 15 is 0 Å². The number of ether oxygens (including phenoxy) is 1. The molecule has 0 spiro atoms. The quantitative estimate of drug-likeness (QED) is 0.687. The molecule has 0 radical (unpaired) electrons. The van der Waals surface area contributed by atoms with Gasteiger partial charge in [-0.15, -0.1) is 0 Å². The molecule has 1 saturated carbocycles. The van der Waals surface area contributed by atoms with E-state index in [-0.39, 0.29) is 36.3 Å². The lowest BCUT2D eigenvalue weighted by atomic mass is 10.1. The van der Waals surface area contributed by atoms with Crippen molar-refractivity contribution in [2.45, 2.75) is 75.8 Å². The predicted octanol–water partition coefficient (Wildman–Crippen LogP) is 2.02. The van der Waals surface area contributed by atoms with Crippen LogP contribution in [0.4, 0.5) is 14.9 Å². The van der Waals surface area contributed by atoms with E-state index in [0.717, 1.165) is 6.42 Å². The molecule has 9 nitrogen and oxygen atoms in total. The van der Waals surface area contributed by atoms with E-state index in [0.29, 0.717) is 31.0 Å². The number of piperazine rings is 1. The number of nitrogens with zero attached hydrogens (tertiary/aromatic N) is 4. The summed E-state index contributed by atoms with van der Waals surface area (Å²) in [4.78, 5) is 44.6. The third-order valence-corrected chi connectivity index (χ3v) is 7.29. The number of carbonyl (C=O) groups is 3. The maximum Gasteiger partial charge on any atom is 0.408 e. The van der Waals surface area contributed by atoms with E-state index in [9.17, 15) is 24.0 Å². The van der Waals surface area contributed by atoms with E-state index in [1.165, 1.54) is 12.1 Å². The van der Waals surface area contributed by atoms with Crippen LogP contribution in [0.15, 0.2) is 24.3 Å². The van der Waals surface area contributed by atoms with Crippen LogP contribution in [0.2, 0.25) is 0 Å². The molecule has 3 amide bonds. The summed E-state index contributed by atoms with van der Waals surface area (Å²) in [6.07, 6.45) is 1.42. The molecule has 1 N–H and O–H groups in total. The lowest BCUT2D eigenvalue weighted by Gasteiger charge is -2.36. The third-order valence-electron chi connectivity index (χ3n) is 7.29. The zero-order valence-corrected chi connectivity index (χ0v) is 20.1. The fourth-order valence-electron chi connectivity index (χ4n) is 5.74. The van der Waals surface area contributed by atoms with Crippen LogP contribution in [-0.2, 0) is 14.3 Å². The van der Waals surface area contributed by atoms with Gasteiger partial charge in [-0.2, -0.15) is 5.26 Å². The number of hydrogen-bond donors (Lipinski definition) is 1. The molecule has 35 heavy (non-hydrogen) atoms. The van der Waals surface area contributed by atoms with Crippen molar-refractivity contribution in [1.82, 2.24) is 15.1 Å². The van der Waals surface area contributed by atoms with Crippen LogP contribution in [0, 0.1) is 23.1 Å². The number of carbonyl (C=O) groups excluding carboxylic acids is 3. The second-order valence-corrected chi connectivity index (χ2v) is 10.9. The van der Waals surface area contributed by atoms with Crippen molar-refractivity contribution >= 4 is 23.6 Å². The molecule has 10 heteroatoms. The van der Waals surface area contributed by atoms with Crippen molar-refractivity contribution in [3.63, 3.8) is 0 Å². The van der Waals surface area contributed by atoms with Crippen LogP contribution in [0.3, 0.4) is 0 Å². The number of anilines is 1. The molecular formula is C25H30FN5O4. The van der Waals surface area contributed by atoms with E-state index < -0.39 is 29.8 Å². The van der Waals surface area contributed by atoms with Gasteiger partial charge in [-0.05, 0) is 70.2 Å². The number of rotatable bonds is 5. The molecule has 1 aliphatic carbocycles. The Labute approximate surface area is 203 Å². The number of piperidine rings is 1. The number of fused-ring (bicyclic) bond motifs is 3. The smallest absolute Gasteiger partial charge is 0.408 e. The number of halogens is 1. The normalized spacial score (nSPS) is 30.1. The fraction of sp³-hybridized carbons (Fsp3) is 0.600. The van der Waals surface area contributed by atoms with Gasteiger partial charge in [-0.25, -0.2) is 9.18 Å². The van der Waals surface area contributed by atoms with Crippen LogP contribution in [-0.4, -0.2) is 76.6 Å². The van der Waals surface area contributed by atoms with Gasteiger partial charge in [0.15, 0.2) is 0 Å². The van der Waals surface area contributed by atoms with Gasteiger partial charge < -0.3 is 19.9 Å². The minimum atomic E-state index is -0.938. The molecule has 3 heterocycles. The summed E-state index contributed by atoms with van der Waals surface area (Å²) in [7, 11) is 0. The average molecular weight is 484 g/mol. The molecule has 4 aliphatic rings. The Kier molecular flexibility index (Phi) is 5.71. The highest BCUT2D eigenvalue weighted by Crippen LogP contribution is 2.48. The van der Waals surface area contributed by atoms with Crippen LogP contribution < -0.4 is 10.2 Å². The molecule has 2 bridgehead atoms. The summed E-state index contributed by atoms with van der Waals surface area (Å²) >= 11 is 0. The second-order valence-electron chi connectivity index (χ2n) is 10.9. The number of nitrogens with one attached hydrogen (secondary N) is 1. The highest BCUT2D eigenvalue weighted by atomic mass is 19.1. The Bertz CT molecular complexity index is 1080. The van der Waals surface area contributed by atoms with E-state index in [1.807, 2.05) is 4.90 Å². The summed E-state index contributed by atoms with van der Waals surface area (Å²) in [6.45, 7) is 5.90. The molecule has 4 fully saturated rings. The maximum absolute atomic E-state index is 13.6. The van der Waals surface area contributed by atoms with Gasteiger partial charge >= 0.3 is 6.09 Å². The van der Waals surface area contributed by atoms with Crippen molar-refractivity contribution in [2.24, 2.45) is 5.92 Å². The number of hydrogen-bond acceptors (Lipinski definition) is 6. The zero-order chi connectivity index (χ0) is 25.1. The molecular weight excluding hydrogens is 453 g/mol. The van der Waals surface area contributed by atoms with Gasteiger partial charge in [0.25, 0.3) is 0 Å². The molecule has 3 aliphatic heterocycles. The standard InChI is InChI=1S/C25H30FN5O4/c1-25(2,3)35-24(34)28-19(22(32)31-17(11-27)8-14-9-20(14)31)13-29-12-18-10-21(29)23(33)30(18)16-6-4-15(26)5-7-16/h4-7,14,17-21H,8-10,12-13H2,1-3H3,(H,28,34)/t14-,17?,18+,19?,20+,21?/m1/s1. The van der Waals surface area contributed by atoms with Crippen molar-refractivity contribution in [2.75, 3.05) is 18.0 Å². The van der Waals surface area contributed by atoms with E-state index in [1.54, 1.807) is 42.7 Å². The first-order valence-electron chi connectivity index (χ1n) is 12.1. The molecule has 3 unspecified atom stereocenters. The van der Waals surface area contributed by atoms with Gasteiger partial charge in [0.2, 0.25) is 11.8 Å². The van der Waals surface area contributed by atoms with Crippen molar-refractivity contribution < 1.29 is 23.5 Å². The molecule has 0 aromatic heterocycles. The first kappa shape index (κ1) is 23.5. The van der Waals surface area contributed by atoms with Crippen LogP contribution in [0.5, 0.6) is 0 Å². The van der Waals surface area contributed by atoms with Gasteiger partial charge in [-0.3, -0.25) is 14.5 Å². The summed E-state index contributed by atoms with van der Waals surface area (Å²) in [5.74, 6) is -0.427. The monoisotopic (exact) mass is 483 g/mol. The van der Waals surface area contributed by atoms with Gasteiger partial charge in [-0.1, -0.05) is 0 Å². The first-order valence-corrected chi connectivity index (χ1v) is 12.1. The number of likely N-dealkylation sites (tertiary alicyclic amines) is 2. The van der Waals surface area contributed by atoms with Crippen LogP contribution >= 0.6 is 0 Å². The first-order chi connectivity index (χ1) is 16.6. The van der Waals surface area contributed by atoms with Crippen molar-refractivity contribution in [3.05, 3.63) is 30.1 Å². The van der Waals surface area contributed by atoms with Crippen molar-refractivity contribution in [1.29, 1.82) is 5.26 Å². The largest absolute Gasteiger partial charge is 0.444 e. The molecule has 6 atom stereocenters. The topological polar surface area (TPSA) is 106 Å². The number of amides is 3. The van der Waals surface area contributed by atoms with E-state index in [2.05, 4.69) is 11.4 Å². The van der Waals surface area contributed by atoms with Gasteiger partial charge in [0.05, 0.1) is 18.2 Å². The summed E-state index contributed by atoms with van der Waals surface area (Å²) in [6, 6.07) is 6.15. The zero-order valence-electron chi connectivity index (χ0n) is 20.1.